The standard InChI is InChI=1S/C25H23N5O2/c1-2-19-13-22(30-32-19)25(31)28-14-16-6-8-17(9-7-16)23-20(21-5-3-4-12-26-21)15-27-24(29-23)18-10-11-18/h3-9,12-13,15,18H,2,10-11,14H2,1H3,(H,28,31). The first kappa shape index (κ1) is 20.1. The fraction of sp³-hybridized carbons (Fsp3) is 0.240. The molecule has 1 amide bonds. The first-order chi connectivity index (χ1) is 15.7. The van der Waals surface area contributed by atoms with Gasteiger partial charge in [0, 0.05) is 48.5 Å². The summed E-state index contributed by atoms with van der Waals surface area (Å²) < 4.78 is 5.10. The molecule has 5 rings (SSSR count). The lowest BCUT2D eigenvalue weighted by Crippen LogP contribution is -2.23. The Kier molecular flexibility index (Phi) is 5.46. The zero-order chi connectivity index (χ0) is 21.9. The Labute approximate surface area is 185 Å². The van der Waals surface area contributed by atoms with Crippen LogP contribution in [0.15, 0.2) is 65.4 Å². The van der Waals surface area contributed by atoms with Gasteiger partial charge in [0.15, 0.2) is 5.69 Å². The minimum absolute atomic E-state index is 0.250. The maximum absolute atomic E-state index is 12.3. The molecule has 1 N–H and O–H groups in total. The summed E-state index contributed by atoms with van der Waals surface area (Å²) in [6.07, 6.45) is 6.65. The van der Waals surface area contributed by atoms with Crippen molar-refractivity contribution in [2.45, 2.75) is 38.6 Å². The topological polar surface area (TPSA) is 93.8 Å². The van der Waals surface area contributed by atoms with Gasteiger partial charge in [-0.25, -0.2) is 9.97 Å². The zero-order valence-corrected chi connectivity index (χ0v) is 17.8. The molecule has 4 aromatic rings. The third-order valence-electron chi connectivity index (χ3n) is 5.51. The highest BCUT2D eigenvalue weighted by molar-refractivity contribution is 5.92. The van der Waals surface area contributed by atoms with Crippen LogP contribution < -0.4 is 5.32 Å². The molecule has 1 aromatic carbocycles. The van der Waals surface area contributed by atoms with E-state index in [9.17, 15) is 4.79 Å². The number of aryl methyl sites for hydroxylation is 1. The minimum Gasteiger partial charge on any atom is -0.361 e. The highest BCUT2D eigenvalue weighted by atomic mass is 16.5. The van der Waals surface area contributed by atoms with Crippen LogP contribution >= 0.6 is 0 Å². The average molecular weight is 425 g/mol. The summed E-state index contributed by atoms with van der Waals surface area (Å²) in [5.74, 6) is 1.80. The quantitative estimate of drug-likeness (QED) is 0.466. The van der Waals surface area contributed by atoms with Crippen molar-refractivity contribution in [3.05, 3.63) is 83.8 Å². The maximum atomic E-state index is 12.3. The second-order valence-electron chi connectivity index (χ2n) is 7.89. The largest absolute Gasteiger partial charge is 0.361 e. The molecular formula is C25H23N5O2. The lowest BCUT2D eigenvalue weighted by molar-refractivity contribution is 0.0941. The summed E-state index contributed by atoms with van der Waals surface area (Å²) in [6.45, 7) is 2.35. The molecule has 0 bridgehead atoms. The summed E-state index contributed by atoms with van der Waals surface area (Å²) in [5.41, 5.74) is 4.92. The molecule has 160 valence electrons. The van der Waals surface area contributed by atoms with E-state index in [4.69, 9.17) is 9.51 Å². The fourth-order valence-electron chi connectivity index (χ4n) is 3.50. The summed E-state index contributed by atoms with van der Waals surface area (Å²) in [5, 5.41) is 6.70. The summed E-state index contributed by atoms with van der Waals surface area (Å²) in [6, 6.07) is 15.5. The van der Waals surface area contributed by atoms with Crippen molar-refractivity contribution in [3.63, 3.8) is 0 Å². The van der Waals surface area contributed by atoms with Gasteiger partial charge in [-0.2, -0.15) is 0 Å². The Morgan fingerprint density at radius 1 is 1.12 bits per heavy atom. The Balaban J connectivity index is 1.36. The molecule has 0 unspecified atom stereocenters. The number of benzene rings is 1. The van der Waals surface area contributed by atoms with Crippen LogP contribution in [-0.2, 0) is 13.0 Å². The number of hydrogen-bond acceptors (Lipinski definition) is 6. The molecule has 1 aliphatic carbocycles. The summed E-state index contributed by atoms with van der Waals surface area (Å²) >= 11 is 0. The number of nitrogens with one attached hydrogen (secondary N) is 1. The van der Waals surface area contributed by atoms with E-state index < -0.39 is 0 Å². The smallest absolute Gasteiger partial charge is 0.273 e. The van der Waals surface area contributed by atoms with Gasteiger partial charge in [-0.15, -0.1) is 0 Å². The number of amides is 1. The number of pyridine rings is 1. The van der Waals surface area contributed by atoms with Gasteiger partial charge in [-0.3, -0.25) is 9.78 Å². The first-order valence-corrected chi connectivity index (χ1v) is 10.8. The number of aromatic nitrogens is 4. The molecule has 1 fully saturated rings. The molecule has 0 saturated heterocycles. The Hall–Kier alpha value is -3.87. The van der Waals surface area contributed by atoms with E-state index in [1.807, 2.05) is 55.6 Å². The number of hydrogen-bond donors (Lipinski definition) is 1. The molecule has 0 aliphatic heterocycles. The molecule has 32 heavy (non-hydrogen) atoms. The molecule has 3 heterocycles. The van der Waals surface area contributed by atoms with Crippen LogP contribution in [-0.4, -0.2) is 26.0 Å². The van der Waals surface area contributed by atoms with Gasteiger partial charge >= 0.3 is 0 Å². The third-order valence-corrected chi connectivity index (χ3v) is 5.51. The molecule has 7 heteroatoms. The first-order valence-electron chi connectivity index (χ1n) is 10.8. The number of rotatable bonds is 7. The lowest BCUT2D eigenvalue weighted by Gasteiger charge is -2.11. The van der Waals surface area contributed by atoms with Crippen LogP contribution in [0, 0.1) is 0 Å². The van der Waals surface area contributed by atoms with E-state index in [1.165, 1.54) is 0 Å². The van der Waals surface area contributed by atoms with E-state index in [2.05, 4.69) is 20.4 Å². The van der Waals surface area contributed by atoms with Crippen molar-refractivity contribution >= 4 is 5.91 Å². The lowest BCUT2D eigenvalue weighted by atomic mass is 10.0. The third kappa shape index (κ3) is 4.27. The second kappa shape index (κ2) is 8.70. The van der Waals surface area contributed by atoms with Crippen molar-refractivity contribution < 1.29 is 9.32 Å². The van der Waals surface area contributed by atoms with Crippen molar-refractivity contribution in [2.75, 3.05) is 0 Å². The second-order valence-corrected chi connectivity index (χ2v) is 7.89. The van der Waals surface area contributed by atoms with E-state index >= 15 is 0 Å². The molecular weight excluding hydrogens is 402 g/mol. The zero-order valence-electron chi connectivity index (χ0n) is 17.8. The SMILES string of the molecule is CCc1cc(C(=O)NCc2ccc(-c3nc(C4CC4)ncc3-c3ccccn3)cc2)no1. The average Bonchev–Trinajstić information content (AvgIpc) is 3.59. The Bertz CT molecular complexity index is 1230. The molecule has 0 atom stereocenters. The number of nitrogens with zero attached hydrogens (tertiary/aromatic N) is 4. The van der Waals surface area contributed by atoms with Crippen molar-refractivity contribution in [3.8, 4) is 22.5 Å². The summed E-state index contributed by atoms with van der Waals surface area (Å²) in [7, 11) is 0. The summed E-state index contributed by atoms with van der Waals surface area (Å²) in [4.78, 5) is 26.3. The molecule has 7 nitrogen and oxygen atoms in total. The minimum atomic E-state index is -0.250. The van der Waals surface area contributed by atoms with Crippen LogP contribution in [0.3, 0.4) is 0 Å². The van der Waals surface area contributed by atoms with Crippen LogP contribution in [0.2, 0.25) is 0 Å². The van der Waals surface area contributed by atoms with E-state index in [0.717, 1.165) is 46.7 Å². The predicted molar refractivity (Wildman–Crippen MR) is 120 cm³/mol. The van der Waals surface area contributed by atoms with Crippen molar-refractivity contribution in [1.29, 1.82) is 0 Å². The number of carbonyl (C=O) groups excluding carboxylic acids is 1. The molecule has 0 spiro atoms. The van der Waals surface area contributed by atoms with Gasteiger partial charge in [0.25, 0.3) is 5.91 Å². The Morgan fingerprint density at radius 3 is 2.66 bits per heavy atom. The maximum Gasteiger partial charge on any atom is 0.273 e. The van der Waals surface area contributed by atoms with Crippen molar-refractivity contribution in [2.24, 2.45) is 0 Å². The highest BCUT2D eigenvalue weighted by Gasteiger charge is 2.27. The molecule has 0 radical (unpaired) electrons. The van der Waals surface area contributed by atoms with Gasteiger partial charge in [0.1, 0.15) is 11.6 Å². The van der Waals surface area contributed by atoms with Crippen LogP contribution in [0.4, 0.5) is 0 Å². The highest BCUT2D eigenvalue weighted by Crippen LogP contribution is 2.40. The predicted octanol–water partition coefficient (Wildman–Crippen LogP) is 4.56. The molecule has 1 saturated carbocycles. The van der Waals surface area contributed by atoms with Crippen LogP contribution in [0.5, 0.6) is 0 Å². The van der Waals surface area contributed by atoms with Gasteiger partial charge in [-0.05, 0) is 30.5 Å². The van der Waals surface area contributed by atoms with Gasteiger partial charge < -0.3 is 9.84 Å². The van der Waals surface area contributed by atoms with Gasteiger partial charge in [-0.1, -0.05) is 42.4 Å². The van der Waals surface area contributed by atoms with Gasteiger partial charge in [0.2, 0.25) is 0 Å². The molecule has 1 aliphatic rings. The van der Waals surface area contributed by atoms with Gasteiger partial charge in [0.05, 0.1) is 11.4 Å². The Morgan fingerprint density at radius 2 is 1.97 bits per heavy atom. The van der Waals surface area contributed by atoms with E-state index in [1.54, 1.807) is 12.3 Å². The van der Waals surface area contributed by atoms with Crippen LogP contribution in [0.1, 0.15) is 53.3 Å². The van der Waals surface area contributed by atoms with E-state index in [-0.39, 0.29) is 5.91 Å². The monoisotopic (exact) mass is 425 g/mol. The normalized spacial score (nSPS) is 13.2. The fourth-order valence-corrected chi connectivity index (χ4v) is 3.50. The molecule has 3 aromatic heterocycles. The van der Waals surface area contributed by atoms with Crippen LogP contribution in [0.25, 0.3) is 22.5 Å². The number of carbonyl (C=O) groups is 1. The van der Waals surface area contributed by atoms with E-state index in [0.29, 0.717) is 30.3 Å². The van der Waals surface area contributed by atoms with Crippen molar-refractivity contribution in [1.82, 2.24) is 25.4 Å².